The van der Waals surface area contributed by atoms with E-state index in [1.54, 1.807) is 6.07 Å². The summed E-state index contributed by atoms with van der Waals surface area (Å²) in [5.41, 5.74) is 1.03. The molecule has 1 saturated heterocycles. The van der Waals surface area contributed by atoms with E-state index < -0.39 is 12.9 Å². The Morgan fingerprint density at radius 2 is 1.95 bits per heavy atom. The monoisotopic (exact) mass is 279 g/mol. The van der Waals surface area contributed by atoms with Gasteiger partial charge in [-0.3, -0.25) is 4.90 Å². The van der Waals surface area contributed by atoms with Crippen LogP contribution in [0, 0.1) is 11.7 Å². The van der Waals surface area contributed by atoms with Crippen LogP contribution in [0.5, 0.6) is 0 Å². The minimum atomic E-state index is -1.61. The molecule has 3 nitrogen and oxygen atoms in total. The Kier molecular flexibility index (Phi) is 5.58. The molecular formula is C15H23BFNO2. The van der Waals surface area contributed by atoms with Gasteiger partial charge in [0.15, 0.2) is 0 Å². The third kappa shape index (κ3) is 4.30. The molecule has 0 amide bonds. The third-order valence-electron chi connectivity index (χ3n) is 4.09. The average Bonchev–Trinajstić information content (AvgIpc) is 2.40. The molecule has 0 atom stereocenters. The highest BCUT2D eigenvalue weighted by atomic mass is 19.1. The van der Waals surface area contributed by atoms with Crippen LogP contribution >= 0.6 is 0 Å². The van der Waals surface area contributed by atoms with E-state index in [0.29, 0.717) is 6.54 Å². The zero-order valence-corrected chi connectivity index (χ0v) is 12.1. The van der Waals surface area contributed by atoms with Gasteiger partial charge in [-0.25, -0.2) is 4.39 Å². The van der Waals surface area contributed by atoms with Crippen molar-refractivity contribution in [2.45, 2.75) is 39.2 Å². The number of piperidine rings is 1. The first kappa shape index (κ1) is 15.5. The highest BCUT2D eigenvalue weighted by Crippen LogP contribution is 2.22. The molecule has 110 valence electrons. The van der Waals surface area contributed by atoms with Crippen molar-refractivity contribution in [2.24, 2.45) is 5.92 Å². The van der Waals surface area contributed by atoms with Crippen LogP contribution in [0.2, 0.25) is 0 Å². The van der Waals surface area contributed by atoms with Gasteiger partial charge in [0.05, 0.1) is 0 Å². The van der Waals surface area contributed by atoms with E-state index in [0.717, 1.165) is 24.6 Å². The van der Waals surface area contributed by atoms with E-state index in [4.69, 9.17) is 10.0 Å². The third-order valence-corrected chi connectivity index (χ3v) is 4.09. The number of benzene rings is 1. The second kappa shape index (κ2) is 7.20. The molecular weight excluding hydrogens is 256 g/mol. The van der Waals surface area contributed by atoms with Gasteiger partial charge in [0.25, 0.3) is 0 Å². The lowest BCUT2D eigenvalue weighted by Gasteiger charge is -2.32. The van der Waals surface area contributed by atoms with Gasteiger partial charge in [-0.2, -0.15) is 0 Å². The number of hydrogen-bond acceptors (Lipinski definition) is 3. The summed E-state index contributed by atoms with van der Waals surface area (Å²) in [6, 6.07) is 4.32. The first-order valence-corrected chi connectivity index (χ1v) is 7.46. The van der Waals surface area contributed by atoms with Crippen LogP contribution in [0.15, 0.2) is 18.2 Å². The van der Waals surface area contributed by atoms with E-state index >= 15 is 0 Å². The maximum Gasteiger partial charge on any atom is 0.488 e. The Hall–Kier alpha value is -0.905. The Morgan fingerprint density at radius 1 is 1.25 bits per heavy atom. The predicted molar refractivity (Wildman–Crippen MR) is 79.1 cm³/mol. The Labute approximate surface area is 120 Å². The summed E-state index contributed by atoms with van der Waals surface area (Å²) in [6.45, 7) is 4.98. The molecule has 5 heteroatoms. The lowest BCUT2D eigenvalue weighted by atomic mass is 9.79. The molecule has 0 saturated carbocycles. The van der Waals surface area contributed by atoms with Crippen molar-refractivity contribution in [3.05, 3.63) is 29.6 Å². The van der Waals surface area contributed by atoms with Gasteiger partial charge in [0, 0.05) is 6.54 Å². The molecule has 1 heterocycles. The number of hydrogen-bond donors (Lipinski definition) is 2. The molecule has 0 bridgehead atoms. The number of halogens is 1. The van der Waals surface area contributed by atoms with Gasteiger partial charge in [0.2, 0.25) is 0 Å². The van der Waals surface area contributed by atoms with Gasteiger partial charge in [0.1, 0.15) is 5.82 Å². The molecule has 2 N–H and O–H groups in total. The van der Waals surface area contributed by atoms with E-state index in [9.17, 15) is 4.39 Å². The van der Waals surface area contributed by atoms with Crippen LogP contribution in [-0.2, 0) is 6.54 Å². The van der Waals surface area contributed by atoms with Gasteiger partial charge < -0.3 is 10.0 Å². The fourth-order valence-corrected chi connectivity index (χ4v) is 3.02. The van der Waals surface area contributed by atoms with Gasteiger partial charge >= 0.3 is 7.12 Å². The molecule has 20 heavy (non-hydrogen) atoms. The van der Waals surface area contributed by atoms with Crippen molar-refractivity contribution in [2.75, 3.05) is 13.1 Å². The fraction of sp³-hybridized carbons (Fsp3) is 0.600. The second-order valence-electron chi connectivity index (χ2n) is 5.77. The van der Waals surface area contributed by atoms with Crippen LogP contribution in [0.4, 0.5) is 4.39 Å². The fourth-order valence-electron chi connectivity index (χ4n) is 3.02. The highest BCUT2D eigenvalue weighted by molar-refractivity contribution is 6.58. The first-order valence-electron chi connectivity index (χ1n) is 7.46. The zero-order chi connectivity index (χ0) is 14.5. The Balaban J connectivity index is 1.94. The molecule has 1 aromatic carbocycles. The lowest BCUT2D eigenvalue weighted by molar-refractivity contribution is 0.171. The topological polar surface area (TPSA) is 43.7 Å². The molecule has 0 unspecified atom stereocenters. The maximum atomic E-state index is 13.5. The van der Waals surface area contributed by atoms with Crippen LogP contribution in [0.3, 0.4) is 0 Å². The van der Waals surface area contributed by atoms with Gasteiger partial charge in [-0.15, -0.1) is 0 Å². The standard InChI is InChI=1S/C15H23BFNO2/c1-2-3-12-4-6-18(7-5-12)11-13-8-14(16(19)20)10-15(17)9-13/h8-10,12,19-20H,2-7,11H2,1H3. The summed E-state index contributed by atoms with van der Waals surface area (Å²) in [4.78, 5) is 2.31. The summed E-state index contributed by atoms with van der Waals surface area (Å²) in [6.07, 6.45) is 4.96. The first-order chi connectivity index (χ1) is 9.58. The number of likely N-dealkylation sites (tertiary alicyclic amines) is 1. The Bertz CT molecular complexity index is 434. The summed E-state index contributed by atoms with van der Waals surface area (Å²) in [5, 5.41) is 18.3. The van der Waals surface area contributed by atoms with E-state index in [1.807, 2.05) is 0 Å². The van der Waals surface area contributed by atoms with Gasteiger partial charge in [-0.05, 0) is 55.0 Å². The van der Waals surface area contributed by atoms with Crippen molar-refractivity contribution in [3.8, 4) is 0 Å². The largest absolute Gasteiger partial charge is 0.488 e. The molecule has 1 aliphatic heterocycles. The minimum Gasteiger partial charge on any atom is -0.423 e. The minimum absolute atomic E-state index is 0.223. The molecule has 0 radical (unpaired) electrons. The van der Waals surface area contributed by atoms with Crippen molar-refractivity contribution in [1.82, 2.24) is 4.90 Å². The average molecular weight is 279 g/mol. The smallest absolute Gasteiger partial charge is 0.423 e. The molecule has 1 aromatic rings. The van der Waals surface area contributed by atoms with Crippen molar-refractivity contribution in [3.63, 3.8) is 0 Å². The van der Waals surface area contributed by atoms with E-state index in [1.165, 1.54) is 37.8 Å². The number of rotatable bonds is 5. The van der Waals surface area contributed by atoms with E-state index in [-0.39, 0.29) is 5.46 Å². The van der Waals surface area contributed by atoms with Crippen LogP contribution in [-0.4, -0.2) is 35.2 Å². The molecule has 1 fully saturated rings. The van der Waals surface area contributed by atoms with Crippen molar-refractivity contribution < 1.29 is 14.4 Å². The van der Waals surface area contributed by atoms with Gasteiger partial charge in [-0.1, -0.05) is 25.8 Å². The lowest BCUT2D eigenvalue weighted by Crippen LogP contribution is -2.34. The second-order valence-corrected chi connectivity index (χ2v) is 5.77. The molecule has 2 rings (SSSR count). The Morgan fingerprint density at radius 3 is 2.55 bits per heavy atom. The summed E-state index contributed by atoms with van der Waals surface area (Å²) in [5.74, 6) is 0.421. The SMILES string of the molecule is CCCC1CCN(Cc2cc(F)cc(B(O)O)c2)CC1. The summed E-state index contributed by atoms with van der Waals surface area (Å²) in [7, 11) is -1.61. The molecule has 0 aromatic heterocycles. The quantitative estimate of drug-likeness (QED) is 0.803. The van der Waals surface area contributed by atoms with Crippen molar-refractivity contribution >= 4 is 12.6 Å². The normalized spacial score (nSPS) is 17.4. The summed E-state index contributed by atoms with van der Waals surface area (Å²) >= 11 is 0. The molecule has 0 spiro atoms. The highest BCUT2D eigenvalue weighted by Gasteiger charge is 2.19. The predicted octanol–water partition coefficient (Wildman–Crippen LogP) is 1.52. The maximum absolute atomic E-state index is 13.5. The molecule has 1 aliphatic rings. The van der Waals surface area contributed by atoms with Crippen molar-refractivity contribution in [1.29, 1.82) is 0 Å². The van der Waals surface area contributed by atoms with Crippen LogP contribution < -0.4 is 5.46 Å². The summed E-state index contributed by atoms with van der Waals surface area (Å²) < 4.78 is 13.5. The molecule has 0 aliphatic carbocycles. The zero-order valence-electron chi connectivity index (χ0n) is 12.1. The number of nitrogens with zero attached hydrogens (tertiary/aromatic N) is 1. The van der Waals surface area contributed by atoms with E-state index in [2.05, 4.69) is 11.8 Å². The van der Waals surface area contributed by atoms with Crippen LogP contribution in [0.25, 0.3) is 0 Å². The van der Waals surface area contributed by atoms with Crippen LogP contribution in [0.1, 0.15) is 38.2 Å².